The van der Waals surface area contributed by atoms with Crippen LogP contribution in [0.1, 0.15) is 11.4 Å². The third-order valence-corrected chi connectivity index (χ3v) is 2.85. The Morgan fingerprint density at radius 2 is 1.79 bits per heavy atom. The van der Waals surface area contributed by atoms with Gasteiger partial charge in [0.2, 0.25) is 0 Å². The van der Waals surface area contributed by atoms with Crippen LogP contribution in [0.5, 0.6) is 0 Å². The molecule has 0 fully saturated rings. The van der Waals surface area contributed by atoms with Crippen molar-refractivity contribution in [3.05, 3.63) is 60.0 Å². The van der Waals surface area contributed by atoms with Crippen LogP contribution in [-0.2, 0) is 6.54 Å². The van der Waals surface area contributed by atoms with E-state index in [1.807, 2.05) is 49.4 Å². The summed E-state index contributed by atoms with van der Waals surface area (Å²) in [7, 11) is 0. The summed E-state index contributed by atoms with van der Waals surface area (Å²) in [5.74, 6) is 0.766. The third kappa shape index (κ3) is 2.68. The van der Waals surface area contributed by atoms with Gasteiger partial charge < -0.3 is 5.32 Å². The van der Waals surface area contributed by atoms with Crippen molar-refractivity contribution >= 4 is 16.9 Å². The fourth-order valence-electron chi connectivity index (χ4n) is 1.92. The topological polar surface area (TPSA) is 50.7 Å². The molecule has 0 unspecified atom stereocenters. The van der Waals surface area contributed by atoms with Gasteiger partial charge in [-0.05, 0) is 31.2 Å². The van der Waals surface area contributed by atoms with Crippen molar-refractivity contribution in [2.24, 2.45) is 0 Å². The lowest BCUT2D eigenvalue weighted by molar-refractivity contribution is 1.00. The van der Waals surface area contributed by atoms with Gasteiger partial charge in [0.05, 0.1) is 29.5 Å². The lowest BCUT2D eigenvalue weighted by atomic mass is 10.3. The van der Waals surface area contributed by atoms with Crippen LogP contribution in [0.4, 0.5) is 5.82 Å². The summed E-state index contributed by atoms with van der Waals surface area (Å²) in [6.07, 6.45) is 1.75. The van der Waals surface area contributed by atoms with E-state index in [0.717, 1.165) is 28.2 Å². The standard InChI is InChI=1S/C15H14N4/c1-11-5-4-6-12(18-11)9-17-15-10-16-13-7-2-3-8-14(13)19-15/h2-8,10H,9H2,1H3,(H,17,19). The normalized spacial score (nSPS) is 10.6. The number of hydrogen-bond acceptors (Lipinski definition) is 4. The van der Waals surface area contributed by atoms with Crippen LogP contribution >= 0.6 is 0 Å². The number of aryl methyl sites for hydroxylation is 1. The maximum Gasteiger partial charge on any atom is 0.145 e. The Labute approximate surface area is 111 Å². The zero-order valence-corrected chi connectivity index (χ0v) is 10.7. The number of nitrogens with one attached hydrogen (secondary N) is 1. The van der Waals surface area contributed by atoms with Crippen LogP contribution in [0.2, 0.25) is 0 Å². The zero-order valence-electron chi connectivity index (χ0n) is 10.7. The van der Waals surface area contributed by atoms with Crippen molar-refractivity contribution < 1.29 is 0 Å². The summed E-state index contributed by atoms with van der Waals surface area (Å²) >= 11 is 0. The fourth-order valence-corrected chi connectivity index (χ4v) is 1.92. The van der Waals surface area contributed by atoms with Crippen molar-refractivity contribution in [1.29, 1.82) is 0 Å². The average Bonchev–Trinajstić information content (AvgIpc) is 2.45. The maximum atomic E-state index is 4.51. The molecule has 4 heteroatoms. The minimum Gasteiger partial charge on any atom is -0.363 e. The summed E-state index contributed by atoms with van der Waals surface area (Å²) in [6, 6.07) is 13.8. The third-order valence-electron chi connectivity index (χ3n) is 2.85. The number of fused-ring (bicyclic) bond motifs is 1. The highest BCUT2D eigenvalue weighted by atomic mass is 15.0. The van der Waals surface area contributed by atoms with Crippen LogP contribution in [0.3, 0.4) is 0 Å². The zero-order chi connectivity index (χ0) is 13.1. The predicted molar refractivity (Wildman–Crippen MR) is 75.8 cm³/mol. The van der Waals surface area contributed by atoms with Crippen LogP contribution in [0.15, 0.2) is 48.7 Å². The Balaban J connectivity index is 1.78. The molecule has 1 aromatic carbocycles. The Bertz CT molecular complexity index is 709. The van der Waals surface area contributed by atoms with Crippen molar-refractivity contribution in [2.45, 2.75) is 13.5 Å². The molecule has 0 spiro atoms. The summed E-state index contributed by atoms with van der Waals surface area (Å²) in [6.45, 7) is 2.63. The van der Waals surface area contributed by atoms with Gasteiger partial charge in [-0.15, -0.1) is 0 Å². The summed E-state index contributed by atoms with van der Waals surface area (Å²) in [4.78, 5) is 13.3. The van der Waals surface area contributed by atoms with E-state index >= 15 is 0 Å². The monoisotopic (exact) mass is 250 g/mol. The van der Waals surface area contributed by atoms with Crippen LogP contribution in [0.25, 0.3) is 11.0 Å². The van der Waals surface area contributed by atoms with Crippen LogP contribution < -0.4 is 5.32 Å². The fraction of sp³-hybridized carbons (Fsp3) is 0.133. The molecule has 0 atom stereocenters. The van der Waals surface area contributed by atoms with Gasteiger partial charge >= 0.3 is 0 Å². The van der Waals surface area contributed by atoms with Crippen molar-refractivity contribution in [1.82, 2.24) is 15.0 Å². The molecule has 2 heterocycles. The lowest BCUT2D eigenvalue weighted by Crippen LogP contribution is -2.04. The molecular formula is C15H14N4. The molecule has 3 aromatic rings. The number of anilines is 1. The molecular weight excluding hydrogens is 236 g/mol. The number of hydrogen-bond donors (Lipinski definition) is 1. The predicted octanol–water partition coefficient (Wildman–Crippen LogP) is 2.95. The largest absolute Gasteiger partial charge is 0.363 e. The number of nitrogens with zero attached hydrogens (tertiary/aromatic N) is 3. The summed E-state index contributed by atoms with van der Waals surface area (Å²) < 4.78 is 0. The minimum atomic E-state index is 0.648. The Hall–Kier alpha value is -2.49. The van der Waals surface area contributed by atoms with E-state index in [9.17, 15) is 0 Å². The van der Waals surface area contributed by atoms with Gasteiger partial charge in [-0.1, -0.05) is 18.2 Å². The van der Waals surface area contributed by atoms with Gasteiger partial charge in [0.1, 0.15) is 5.82 Å². The van der Waals surface area contributed by atoms with Crippen LogP contribution in [-0.4, -0.2) is 15.0 Å². The first kappa shape index (κ1) is 11.6. The number of rotatable bonds is 3. The lowest BCUT2D eigenvalue weighted by Gasteiger charge is -2.06. The molecule has 0 bridgehead atoms. The van der Waals surface area contributed by atoms with Gasteiger partial charge in [-0.3, -0.25) is 9.97 Å². The van der Waals surface area contributed by atoms with Gasteiger partial charge in [0, 0.05) is 5.69 Å². The summed E-state index contributed by atoms with van der Waals surface area (Å²) in [5, 5.41) is 3.24. The molecule has 0 saturated carbocycles. The highest BCUT2D eigenvalue weighted by molar-refractivity contribution is 5.75. The second-order valence-corrected chi connectivity index (χ2v) is 4.37. The molecule has 4 nitrogen and oxygen atoms in total. The second-order valence-electron chi connectivity index (χ2n) is 4.37. The first-order valence-corrected chi connectivity index (χ1v) is 6.19. The number of benzene rings is 1. The molecule has 2 aromatic heterocycles. The first-order chi connectivity index (χ1) is 9.31. The van der Waals surface area contributed by atoms with Gasteiger partial charge in [-0.2, -0.15) is 0 Å². The van der Waals surface area contributed by atoms with E-state index in [4.69, 9.17) is 0 Å². The van der Waals surface area contributed by atoms with Gasteiger partial charge in [0.25, 0.3) is 0 Å². The first-order valence-electron chi connectivity index (χ1n) is 6.19. The van der Waals surface area contributed by atoms with E-state index in [-0.39, 0.29) is 0 Å². The molecule has 19 heavy (non-hydrogen) atoms. The number of para-hydroxylation sites is 2. The number of pyridine rings is 1. The quantitative estimate of drug-likeness (QED) is 0.776. The molecule has 3 rings (SSSR count). The molecule has 0 aliphatic heterocycles. The van der Waals surface area contributed by atoms with Gasteiger partial charge in [-0.25, -0.2) is 4.98 Å². The number of aromatic nitrogens is 3. The van der Waals surface area contributed by atoms with Crippen LogP contribution in [0, 0.1) is 6.92 Å². The average molecular weight is 250 g/mol. The second kappa shape index (κ2) is 5.02. The van der Waals surface area contributed by atoms with Crippen molar-refractivity contribution in [3.63, 3.8) is 0 Å². The summed E-state index contributed by atoms with van der Waals surface area (Å²) in [5.41, 5.74) is 3.81. The Kier molecular flexibility index (Phi) is 3.06. The van der Waals surface area contributed by atoms with E-state index < -0.39 is 0 Å². The van der Waals surface area contributed by atoms with E-state index in [1.54, 1.807) is 6.20 Å². The SMILES string of the molecule is Cc1cccc(CNc2cnc3ccccc3n2)n1. The highest BCUT2D eigenvalue weighted by Crippen LogP contribution is 2.12. The van der Waals surface area contributed by atoms with E-state index in [2.05, 4.69) is 20.3 Å². The van der Waals surface area contributed by atoms with Crippen molar-refractivity contribution in [3.8, 4) is 0 Å². The molecule has 0 amide bonds. The van der Waals surface area contributed by atoms with E-state index in [0.29, 0.717) is 6.54 Å². The molecule has 94 valence electrons. The molecule has 0 aliphatic carbocycles. The Morgan fingerprint density at radius 3 is 2.63 bits per heavy atom. The molecule has 0 saturated heterocycles. The Morgan fingerprint density at radius 1 is 0.947 bits per heavy atom. The smallest absolute Gasteiger partial charge is 0.145 e. The maximum absolute atomic E-state index is 4.51. The molecule has 1 N–H and O–H groups in total. The molecule has 0 aliphatic rings. The van der Waals surface area contributed by atoms with Gasteiger partial charge in [0.15, 0.2) is 0 Å². The van der Waals surface area contributed by atoms with E-state index in [1.165, 1.54) is 0 Å². The highest BCUT2D eigenvalue weighted by Gasteiger charge is 2.00. The minimum absolute atomic E-state index is 0.648. The van der Waals surface area contributed by atoms with Crippen molar-refractivity contribution in [2.75, 3.05) is 5.32 Å². The molecule has 0 radical (unpaired) electrons.